The van der Waals surface area contributed by atoms with Gasteiger partial charge in [-0.25, -0.2) is 4.79 Å². The Bertz CT molecular complexity index is 1570. The second-order valence-electron chi connectivity index (χ2n) is 13.8. The molecule has 2 amide bonds. The van der Waals surface area contributed by atoms with Gasteiger partial charge in [0.1, 0.15) is 6.04 Å². The third-order valence-electron chi connectivity index (χ3n) is 9.89. The zero-order valence-electron chi connectivity index (χ0n) is 27.4. The number of hydrogen-bond acceptors (Lipinski definition) is 6. The van der Waals surface area contributed by atoms with Crippen LogP contribution in [0, 0.1) is 23.7 Å². The Labute approximate surface area is 276 Å². The zero-order chi connectivity index (χ0) is 33.5. The van der Waals surface area contributed by atoms with Crippen LogP contribution in [0.3, 0.4) is 0 Å². The van der Waals surface area contributed by atoms with Crippen molar-refractivity contribution >= 4 is 34.3 Å². The van der Waals surface area contributed by atoms with Gasteiger partial charge in [0.05, 0.1) is 17.7 Å². The lowest BCUT2D eigenvalue weighted by atomic mass is 9.74. The monoisotopic (exact) mass is 641 g/mol. The van der Waals surface area contributed by atoms with E-state index in [0.717, 1.165) is 54.1 Å². The number of carbonyl (C=O) groups is 4. The molecular weight excluding hydrogens is 594 g/mol. The van der Waals surface area contributed by atoms with Crippen molar-refractivity contribution in [3.8, 4) is 0 Å². The molecule has 1 fully saturated rings. The van der Waals surface area contributed by atoms with E-state index >= 15 is 0 Å². The third-order valence-corrected chi connectivity index (χ3v) is 9.89. The summed E-state index contributed by atoms with van der Waals surface area (Å²) in [6.07, 6.45) is 7.08. The van der Waals surface area contributed by atoms with E-state index in [0.29, 0.717) is 37.7 Å². The van der Waals surface area contributed by atoms with Crippen molar-refractivity contribution < 1.29 is 29.4 Å². The van der Waals surface area contributed by atoms with Crippen LogP contribution in [0.1, 0.15) is 86.8 Å². The predicted octanol–water partition coefficient (Wildman–Crippen LogP) is 5.27. The molecule has 1 aromatic heterocycles. The molecule has 0 bridgehead atoms. The Hall–Kier alpha value is -4.11. The van der Waals surface area contributed by atoms with Gasteiger partial charge in [0.2, 0.25) is 11.8 Å². The minimum atomic E-state index is -1.76. The fourth-order valence-corrected chi connectivity index (χ4v) is 7.43. The number of pyridine rings is 1. The first-order valence-corrected chi connectivity index (χ1v) is 17.1. The van der Waals surface area contributed by atoms with Crippen LogP contribution in [-0.2, 0) is 27.2 Å². The quantitative estimate of drug-likeness (QED) is 0.199. The van der Waals surface area contributed by atoms with Crippen LogP contribution in [-0.4, -0.2) is 57.0 Å². The molecule has 2 aliphatic rings. The molecule has 0 saturated heterocycles. The minimum Gasteiger partial charge on any atom is -0.479 e. The molecule has 1 heterocycles. The van der Waals surface area contributed by atoms with Crippen molar-refractivity contribution in [3.05, 3.63) is 77.6 Å². The van der Waals surface area contributed by atoms with Crippen molar-refractivity contribution in [1.29, 1.82) is 0 Å². The number of ketones is 1. The Morgan fingerprint density at radius 1 is 0.915 bits per heavy atom. The van der Waals surface area contributed by atoms with Crippen LogP contribution in [0.15, 0.2) is 60.8 Å². The van der Waals surface area contributed by atoms with Gasteiger partial charge in [0.15, 0.2) is 11.9 Å². The Morgan fingerprint density at radius 2 is 1.62 bits per heavy atom. The third kappa shape index (κ3) is 8.44. The molecule has 0 spiro atoms. The van der Waals surface area contributed by atoms with Gasteiger partial charge in [-0.1, -0.05) is 101 Å². The largest absolute Gasteiger partial charge is 0.479 e. The maximum absolute atomic E-state index is 14.3. The Balaban J connectivity index is 1.41. The number of rotatable bonds is 13. The van der Waals surface area contributed by atoms with Crippen LogP contribution < -0.4 is 10.6 Å². The van der Waals surface area contributed by atoms with E-state index in [1.165, 1.54) is 0 Å². The molecule has 2 aromatic carbocycles. The molecule has 2 aliphatic carbocycles. The fourth-order valence-electron chi connectivity index (χ4n) is 7.43. The number of carboxylic acids is 1. The topological polar surface area (TPSA) is 146 Å². The smallest absolute Gasteiger partial charge is 0.334 e. The van der Waals surface area contributed by atoms with Crippen molar-refractivity contribution in [2.24, 2.45) is 23.7 Å². The molecule has 9 heteroatoms. The van der Waals surface area contributed by atoms with Gasteiger partial charge in [-0.2, -0.15) is 0 Å². The highest BCUT2D eigenvalue weighted by molar-refractivity contribution is 6.11. The van der Waals surface area contributed by atoms with E-state index in [-0.39, 0.29) is 17.6 Å². The van der Waals surface area contributed by atoms with Crippen LogP contribution in [0.2, 0.25) is 0 Å². The maximum atomic E-state index is 14.3. The summed E-state index contributed by atoms with van der Waals surface area (Å²) in [6, 6.07) is 15.2. The number of aryl methyl sites for hydroxylation is 1. The van der Waals surface area contributed by atoms with E-state index in [1.807, 2.05) is 68.4 Å². The van der Waals surface area contributed by atoms with Gasteiger partial charge in [0, 0.05) is 23.1 Å². The first-order valence-electron chi connectivity index (χ1n) is 17.1. The standard InChI is InChI=1S/C38H47N3O6/c1-23(2)19-32(37(45)40-31(35(43)38(46)47)21-25-13-7-4-8-14-25)41-36(44)29(20-24-11-5-3-6-12-24)28-17-18-30-33(34(28)42)27-16-10-9-15-26(27)22-39-30/h3,5-6,9-12,15-16,22-23,25,28-29,31-32,35,43H,4,7-8,13-14,17-21H2,1-2H3,(H,40,45)(H,41,44)(H,46,47). The lowest BCUT2D eigenvalue weighted by molar-refractivity contribution is -0.149. The molecule has 3 aromatic rings. The molecule has 5 unspecified atom stereocenters. The molecule has 47 heavy (non-hydrogen) atoms. The van der Waals surface area contributed by atoms with Gasteiger partial charge in [-0.3, -0.25) is 19.4 Å². The number of benzene rings is 2. The molecule has 0 radical (unpaired) electrons. The number of carbonyl (C=O) groups excluding carboxylic acids is 3. The van der Waals surface area contributed by atoms with Gasteiger partial charge in [-0.05, 0) is 54.9 Å². The number of hydrogen-bond donors (Lipinski definition) is 4. The molecule has 4 N–H and O–H groups in total. The summed E-state index contributed by atoms with van der Waals surface area (Å²) in [4.78, 5) is 58.8. The molecule has 5 rings (SSSR count). The number of amides is 2. The average molecular weight is 642 g/mol. The number of aromatic nitrogens is 1. The molecule has 5 atom stereocenters. The van der Waals surface area contributed by atoms with Crippen LogP contribution in [0.4, 0.5) is 0 Å². The lowest BCUT2D eigenvalue weighted by Gasteiger charge is -2.32. The van der Waals surface area contributed by atoms with E-state index in [9.17, 15) is 29.4 Å². The first kappa shape index (κ1) is 34.2. The highest BCUT2D eigenvalue weighted by Gasteiger charge is 2.40. The minimum absolute atomic E-state index is 0.0282. The second-order valence-corrected chi connectivity index (χ2v) is 13.8. The summed E-state index contributed by atoms with van der Waals surface area (Å²) in [5.41, 5.74) is 2.21. The predicted molar refractivity (Wildman–Crippen MR) is 180 cm³/mol. The van der Waals surface area contributed by atoms with Crippen LogP contribution in [0.25, 0.3) is 10.8 Å². The molecule has 9 nitrogen and oxygen atoms in total. The van der Waals surface area contributed by atoms with Gasteiger partial charge in [0.25, 0.3) is 0 Å². The summed E-state index contributed by atoms with van der Waals surface area (Å²) >= 11 is 0. The van der Waals surface area contributed by atoms with Gasteiger partial charge < -0.3 is 20.8 Å². The molecule has 1 saturated carbocycles. The zero-order valence-corrected chi connectivity index (χ0v) is 27.4. The van der Waals surface area contributed by atoms with Gasteiger partial charge in [-0.15, -0.1) is 0 Å². The number of fused-ring (bicyclic) bond motifs is 3. The molecule has 0 aliphatic heterocycles. The Morgan fingerprint density at radius 3 is 2.32 bits per heavy atom. The first-order chi connectivity index (χ1) is 22.6. The maximum Gasteiger partial charge on any atom is 0.334 e. The lowest BCUT2D eigenvalue weighted by Crippen LogP contribution is -2.56. The SMILES string of the molecule is CC(C)CC(NC(=O)C(Cc1ccccc1)C1CCc2ncc3ccccc3c2C1=O)C(=O)NC(CC1CCCCC1)C(O)C(=O)O. The number of carboxylic acid groups (broad SMARTS) is 1. The van der Waals surface area contributed by atoms with Gasteiger partial charge >= 0.3 is 5.97 Å². The van der Waals surface area contributed by atoms with E-state index < -0.39 is 47.8 Å². The average Bonchev–Trinajstić information content (AvgIpc) is 3.07. The summed E-state index contributed by atoms with van der Waals surface area (Å²) < 4.78 is 0. The highest BCUT2D eigenvalue weighted by atomic mass is 16.4. The summed E-state index contributed by atoms with van der Waals surface area (Å²) in [6.45, 7) is 3.89. The van der Waals surface area contributed by atoms with Crippen LogP contribution in [0.5, 0.6) is 0 Å². The van der Waals surface area contributed by atoms with Crippen molar-refractivity contribution in [3.63, 3.8) is 0 Å². The molecule has 250 valence electrons. The summed E-state index contributed by atoms with van der Waals surface area (Å²) in [5, 5.41) is 27.7. The molecular formula is C38H47N3O6. The fraction of sp³-hybridized carbons (Fsp3) is 0.500. The number of nitrogens with one attached hydrogen (secondary N) is 2. The van der Waals surface area contributed by atoms with E-state index in [4.69, 9.17) is 0 Å². The summed E-state index contributed by atoms with van der Waals surface area (Å²) in [5.74, 6) is -3.56. The number of Topliss-reactive ketones (excluding diaryl/α,β-unsaturated/α-hetero) is 1. The number of aliphatic carboxylic acids is 1. The van der Waals surface area contributed by atoms with Crippen LogP contribution >= 0.6 is 0 Å². The van der Waals surface area contributed by atoms with E-state index in [1.54, 1.807) is 6.20 Å². The number of aliphatic hydroxyl groups excluding tert-OH is 1. The van der Waals surface area contributed by atoms with Crippen molar-refractivity contribution in [2.45, 2.75) is 96.2 Å². The number of nitrogens with zero attached hydrogens (tertiary/aromatic N) is 1. The number of aliphatic hydroxyl groups is 1. The van der Waals surface area contributed by atoms with Crippen molar-refractivity contribution in [2.75, 3.05) is 0 Å². The summed E-state index contributed by atoms with van der Waals surface area (Å²) in [7, 11) is 0. The highest BCUT2D eigenvalue weighted by Crippen LogP contribution is 2.35. The normalized spacial score (nSPS) is 19.4. The Kier molecular flexibility index (Phi) is 11.4. The van der Waals surface area contributed by atoms with E-state index in [2.05, 4.69) is 15.6 Å². The van der Waals surface area contributed by atoms with Crippen molar-refractivity contribution in [1.82, 2.24) is 15.6 Å². The second kappa shape index (κ2) is 15.7.